The number of sulfonamides is 1. The molecule has 8 nitrogen and oxygen atoms in total. The third-order valence-corrected chi connectivity index (χ3v) is 6.87. The van der Waals surface area contributed by atoms with Crippen LogP contribution in [0.1, 0.15) is 34.8 Å². The number of nitrogens with one attached hydrogen (secondary N) is 1. The molecule has 0 spiro atoms. The number of hydrogen-bond acceptors (Lipinski definition) is 5. The number of hydrogen-bond donors (Lipinski definition) is 1. The number of pyridine rings is 1. The molecule has 0 bridgehead atoms. The molecule has 1 aliphatic rings. The number of carbonyl (C=O) groups is 1. The van der Waals surface area contributed by atoms with Crippen LogP contribution in [-0.4, -0.2) is 52.5 Å². The molecule has 162 valence electrons. The van der Waals surface area contributed by atoms with Crippen molar-refractivity contribution in [1.29, 1.82) is 0 Å². The number of nitrogens with zero attached hydrogens (tertiary/aromatic N) is 4. The van der Waals surface area contributed by atoms with Crippen LogP contribution >= 0.6 is 0 Å². The molecule has 4 rings (SSSR count). The van der Waals surface area contributed by atoms with E-state index in [0.29, 0.717) is 24.6 Å². The minimum Gasteiger partial charge on any atom is -0.313 e. The Morgan fingerprint density at radius 1 is 1.10 bits per heavy atom. The Balaban J connectivity index is 1.45. The number of imidazole rings is 1. The van der Waals surface area contributed by atoms with Gasteiger partial charge in [-0.05, 0) is 30.5 Å². The van der Waals surface area contributed by atoms with Crippen LogP contribution in [0.4, 0.5) is 5.95 Å². The van der Waals surface area contributed by atoms with Gasteiger partial charge in [-0.2, -0.15) is 0 Å². The third-order valence-electron chi connectivity index (χ3n) is 5.60. The molecule has 3 aromatic rings. The van der Waals surface area contributed by atoms with Crippen molar-refractivity contribution in [3.8, 4) is 11.3 Å². The van der Waals surface area contributed by atoms with Crippen molar-refractivity contribution >= 4 is 21.9 Å². The van der Waals surface area contributed by atoms with Gasteiger partial charge in [0.15, 0.2) is 0 Å². The summed E-state index contributed by atoms with van der Waals surface area (Å²) in [6.07, 6.45) is 6.16. The van der Waals surface area contributed by atoms with E-state index in [0.717, 1.165) is 29.8 Å². The monoisotopic (exact) mass is 439 g/mol. The van der Waals surface area contributed by atoms with Crippen LogP contribution in [0.25, 0.3) is 11.3 Å². The molecule has 0 radical (unpaired) electrons. The van der Waals surface area contributed by atoms with Gasteiger partial charge in [0, 0.05) is 37.9 Å². The van der Waals surface area contributed by atoms with Gasteiger partial charge in [0.25, 0.3) is 5.91 Å². The Kier molecular flexibility index (Phi) is 5.88. The summed E-state index contributed by atoms with van der Waals surface area (Å²) in [7, 11) is -1.36. The predicted molar refractivity (Wildman–Crippen MR) is 119 cm³/mol. The first-order valence-corrected chi connectivity index (χ1v) is 12.0. The normalized spacial score (nSPS) is 17.4. The maximum atomic E-state index is 12.7. The molecular formula is C22H25N5O3S. The number of anilines is 1. The molecule has 9 heteroatoms. The first kappa shape index (κ1) is 21.2. The minimum atomic E-state index is -3.21. The molecule has 0 aliphatic carbocycles. The van der Waals surface area contributed by atoms with E-state index in [9.17, 15) is 13.2 Å². The molecule has 31 heavy (non-hydrogen) atoms. The molecule has 1 fully saturated rings. The lowest BCUT2D eigenvalue weighted by Crippen LogP contribution is -2.38. The van der Waals surface area contributed by atoms with Gasteiger partial charge < -0.3 is 4.57 Å². The van der Waals surface area contributed by atoms with Crippen molar-refractivity contribution in [1.82, 2.24) is 18.8 Å². The number of benzene rings is 1. The summed E-state index contributed by atoms with van der Waals surface area (Å²) in [6.45, 7) is 0.970. The lowest BCUT2D eigenvalue weighted by Gasteiger charge is -2.30. The van der Waals surface area contributed by atoms with Crippen LogP contribution in [0.2, 0.25) is 0 Å². The second-order valence-corrected chi connectivity index (χ2v) is 9.76. The molecule has 1 saturated heterocycles. The zero-order chi connectivity index (χ0) is 22.0. The highest BCUT2D eigenvalue weighted by molar-refractivity contribution is 7.88. The Bertz CT molecular complexity index is 1170. The Morgan fingerprint density at radius 3 is 2.55 bits per heavy atom. The molecule has 1 aromatic carbocycles. The Morgan fingerprint density at radius 2 is 1.87 bits per heavy atom. The van der Waals surface area contributed by atoms with E-state index < -0.39 is 10.0 Å². The van der Waals surface area contributed by atoms with Crippen LogP contribution in [0.15, 0.2) is 54.9 Å². The number of aromatic nitrogens is 3. The predicted octanol–water partition coefficient (Wildman–Crippen LogP) is 2.87. The number of carbonyl (C=O) groups excluding carboxylic acids is 1. The molecule has 1 amide bonds. The summed E-state index contributed by atoms with van der Waals surface area (Å²) < 4.78 is 27.0. The van der Waals surface area contributed by atoms with Gasteiger partial charge >= 0.3 is 0 Å². The molecule has 1 N–H and O–H groups in total. The average molecular weight is 440 g/mol. The Hall–Kier alpha value is -3.04. The topological polar surface area (TPSA) is 97.2 Å². The molecule has 1 unspecified atom stereocenters. The molecule has 0 saturated carbocycles. The van der Waals surface area contributed by atoms with Crippen LogP contribution < -0.4 is 5.32 Å². The molecule has 3 heterocycles. The van der Waals surface area contributed by atoms with Crippen LogP contribution in [-0.2, 0) is 17.1 Å². The summed E-state index contributed by atoms with van der Waals surface area (Å²) in [5, 5.41) is 2.83. The van der Waals surface area contributed by atoms with Crippen LogP contribution in [0.5, 0.6) is 0 Å². The quantitative estimate of drug-likeness (QED) is 0.659. The lowest BCUT2D eigenvalue weighted by atomic mass is 9.95. The highest BCUT2D eigenvalue weighted by Crippen LogP contribution is 2.27. The van der Waals surface area contributed by atoms with Gasteiger partial charge in [0.05, 0.1) is 23.7 Å². The van der Waals surface area contributed by atoms with Crippen LogP contribution in [0, 0.1) is 0 Å². The molecule has 1 atom stereocenters. The largest absolute Gasteiger partial charge is 0.313 e. The maximum absolute atomic E-state index is 12.7. The fraction of sp³-hybridized carbons (Fsp3) is 0.318. The van der Waals surface area contributed by atoms with Gasteiger partial charge in [-0.3, -0.25) is 15.1 Å². The fourth-order valence-corrected chi connectivity index (χ4v) is 4.75. The van der Waals surface area contributed by atoms with Crippen molar-refractivity contribution in [3.05, 3.63) is 66.1 Å². The second-order valence-electron chi connectivity index (χ2n) is 7.78. The van der Waals surface area contributed by atoms with Crippen LogP contribution in [0.3, 0.4) is 0 Å². The van der Waals surface area contributed by atoms with E-state index in [1.807, 2.05) is 41.9 Å². The smallest absolute Gasteiger partial charge is 0.259 e. The zero-order valence-electron chi connectivity index (χ0n) is 17.5. The van der Waals surface area contributed by atoms with Gasteiger partial charge in [0.1, 0.15) is 0 Å². The van der Waals surface area contributed by atoms with Gasteiger partial charge in [-0.15, -0.1) is 0 Å². The fourth-order valence-electron chi connectivity index (χ4n) is 3.84. The summed E-state index contributed by atoms with van der Waals surface area (Å²) in [5.41, 5.74) is 3.13. The van der Waals surface area contributed by atoms with E-state index in [1.54, 1.807) is 18.3 Å². The van der Waals surface area contributed by atoms with E-state index in [2.05, 4.69) is 15.3 Å². The number of amides is 1. The van der Waals surface area contributed by atoms with Gasteiger partial charge in [-0.1, -0.05) is 30.3 Å². The molecule has 2 aromatic heterocycles. The molecular weight excluding hydrogens is 414 g/mol. The van der Waals surface area contributed by atoms with Gasteiger partial charge in [-0.25, -0.2) is 17.7 Å². The van der Waals surface area contributed by atoms with Crippen molar-refractivity contribution in [2.45, 2.75) is 18.8 Å². The van der Waals surface area contributed by atoms with Crippen molar-refractivity contribution < 1.29 is 13.2 Å². The summed E-state index contributed by atoms with van der Waals surface area (Å²) in [5.74, 6) is 0.182. The minimum absolute atomic E-state index is 0.0311. The number of piperidine rings is 1. The first-order chi connectivity index (χ1) is 14.8. The summed E-state index contributed by atoms with van der Waals surface area (Å²) in [6, 6.07) is 13.4. The molecule has 1 aliphatic heterocycles. The second kappa shape index (κ2) is 8.60. The van der Waals surface area contributed by atoms with E-state index in [1.165, 1.54) is 16.8 Å². The highest BCUT2D eigenvalue weighted by atomic mass is 32.2. The summed E-state index contributed by atoms with van der Waals surface area (Å²) >= 11 is 0. The summed E-state index contributed by atoms with van der Waals surface area (Å²) in [4.78, 5) is 21.5. The maximum Gasteiger partial charge on any atom is 0.259 e. The zero-order valence-corrected chi connectivity index (χ0v) is 18.3. The standard InChI is InChI=1S/C22H25N5O3S/c1-26-20(16-7-4-3-5-8-16)14-24-22(26)25-21(28)17-10-11-19(23-13-17)18-9-6-12-27(15-18)31(2,29)30/h3-5,7-8,10-11,13-14,18H,6,9,12,15H2,1-2H3,(H,24,25,28). The number of rotatable bonds is 5. The van der Waals surface area contributed by atoms with Crippen molar-refractivity contribution in [3.63, 3.8) is 0 Å². The third kappa shape index (κ3) is 4.67. The van der Waals surface area contributed by atoms with Gasteiger partial charge in [0.2, 0.25) is 16.0 Å². The van der Waals surface area contributed by atoms with E-state index in [-0.39, 0.29) is 11.8 Å². The Labute approximate surface area is 182 Å². The van der Waals surface area contributed by atoms with E-state index >= 15 is 0 Å². The average Bonchev–Trinajstić information content (AvgIpc) is 3.14. The first-order valence-electron chi connectivity index (χ1n) is 10.1. The van der Waals surface area contributed by atoms with E-state index in [4.69, 9.17) is 0 Å². The van der Waals surface area contributed by atoms with Crippen molar-refractivity contribution in [2.24, 2.45) is 7.05 Å². The lowest BCUT2D eigenvalue weighted by molar-refractivity contribution is 0.102. The SMILES string of the molecule is Cn1c(-c2ccccc2)cnc1NC(=O)c1ccc(C2CCCN(S(C)(=O)=O)C2)nc1. The highest BCUT2D eigenvalue weighted by Gasteiger charge is 2.27. The van der Waals surface area contributed by atoms with Crippen molar-refractivity contribution in [2.75, 3.05) is 24.7 Å².